The Morgan fingerprint density at radius 3 is 2.74 bits per heavy atom. The topological polar surface area (TPSA) is 46.9 Å². The van der Waals surface area contributed by atoms with Crippen molar-refractivity contribution in [1.82, 2.24) is 15.1 Å². The second kappa shape index (κ2) is 5.69. The largest absolute Gasteiger partial charge is 0.352 e. The summed E-state index contributed by atoms with van der Waals surface area (Å²) < 4.78 is 1.73. The Kier molecular flexibility index (Phi) is 4.00. The average Bonchev–Trinajstić information content (AvgIpc) is 2.82. The minimum atomic E-state index is -0.0341. The lowest BCUT2D eigenvalue weighted by Gasteiger charge is -2.10. The molecule has 4 nitrogen and oxygen atoms in total. The van der Waals surface area contributed by atoms with E-state index in [4.69, 9.17) is 0 Å². The first-order valence-corrected chi connectivity index (χ1v) is 6.44. The first kappa shape index (κ1) is 13.3. The zero-order valence-corrected chi connectivity index (χ0v) is 11.6. The van der Waals surface area contributed by atoms with E-state index < -0.39 is 0 Å². The molecule has 1 amide bonds. The molecule has 2 rings (SSSR count). The molecule has 0 atom stereocenters. The molecule has 0 aliphatic heterocycles. The number of hydrogen-bond acceptors (Lipinski definition) is 2. The van der Waals surface area contributed by atoms with E-state index in [9.17, 15) is 4.79 Å². The number of nitrogens with zero attached hydrogens (tertiary/aromatic N) is 2. The maximum atomic E-state index is 12.2. The normalized spacial score (nSPS) is 10.7. The average molecular weight is 257 g/mol. The van der Waals surface area contributed by atoms with Crippen molar-refractivity contribution >= 4 is 5.91 Å². The van der Waals surface area contributed by atoms with Crippen molar-refractivity contribution in [2.45, 2.75) is 13.8 Å². The lowest BCUT2D eigenvalue weighted by atomic mass is 10.0. The van der Waals surface area contributed by atoms with Crippen LogP contribution < -0.4 is 5.32 Å². The predicted octanol–water partition coefficient (Wildman–Crippen LogP) is 2.47. The SMILES string of the molecule is CC(C)CNC(=O)c1ccccc1-c1cnn(C)c1. The molecule has 2 aromatic rings. The van der Waals surface area contributed by atoms with E-state index in [1.807, 2.05) is 37.5 Å². The van der Waals surface area contributed by atoms with Crippen LogP contribution in [0, 0.1) is 5.92 Å². The zero-order chi connectivity index (χ0) is 13.8. The fraction of sp³-hybridized carbons (Fsp3) is 0.333. The third-order valence-corrected chi connectivity index (χ3v) is 2.86. The van der Waals surface area contributed by atoms with Crippen molar-refractivity contribution in [3.63, 3.8) is 0 Å². The van der Waals surface area contributed by atoms with Crippen molar-refractivity contribution in [3.05, 3.63) is 42.2 Å². The van der Waals surface area contributed by atoms with E-state index in [1.54, 1.807) is 10.9 Å². The molecule has 0 aliphatic rings. The molecular formula is C15H19N3O. The van der Waals surface area contributed by atoms with Gasteiger partial charge in [0.15, 0.2) is 0 Å². The van der Waals surface area contributed by atoms with Gasteiger partial charge in [0.05, 0.1) is 6.20 Å². The van der Waals surface area contributed by atoms with Gasteiger partial charge in [-0.3, -0.25) is 9.48 Å². The second-order valence-electron chi connectivity index (χ2n) is 5.05. The van der Waals surface area contributed by atoms with Crippen LogP contribution in [0.15, 0.2) is 36.7 Å². The highest BCUT2D eigenvalue weighted by atomic mass is 16.1. The first-order chi connectivity index (χ1) is 9.08. The molecule has 0 saturated carbocycles. The van der Waals surface area contributed by atoms with Crippen molar-refractivity contribution in [2.24, 2.45) is 13.0 Å². The van der Waals surface area contributed by atoms with Crippen molar-refractivity contribution in [1.29, 1.82) is 0 Å². The van der Waals surface area contributed by atoms with E-state index >= 15 is 0 Å². The van der Waals surface area contributed by atoms with E-state index in [0.29, 0.717) is 18.0 Å². The molecule has 1 aromatic carbocycles. The number of benzene rings is 1. The van der Waals surface area contributed by atoms with Gasteiger partial charge >= 0.3 is 0 Å². The minimum Gasteiger partial charge on any atom is -0.352 e. The standard InChI is InChI=1S/C15H19N3O/c1-11(2)8-16-15(19)14-7-5-4-6-13(14)12-9-17-18(3)10-12/h4-7,9-11H,8H2,1-3H3,(H,16,19). The number of rotatable bonds is 4. The molecular weight excluding hydrogens is 238 g/mol. The molecule has 0 unspecified atom stereocenters. The quantitative estimate of drug-likeness (QED) is 0.914. The van der Waals surface area contributed by atoms with Gasteiger partial charge in [-0.05, 0) is 17.5 Å². The molecule has 0 aliphatic carbocycles. The minimum absolute atomic E-state index is 0.0341. The summed E-state index contributed by atoms with van der Waals surface area (Å²) in [5, 5.41) is 7.10. The zero-order valence-electron chi connectivity index (χ0n) is 11.6. The summed E-state index contributed by atoms with van der Waals surface area (Å²) >= 11 is 0. The predicted molar refractivity (Wildman–Crippen MR) is 75.8 cm³/mol. The van der Waals surface area contributed by atoms with E-state index in [-0.39, 0.29) is 5.91 Å². The molecule has 0 spiro atoms. The Hall–Kier alpha value is -2.10. The summed E-state index contributed by atoms with van der Waals surface area (Å²) in [6.45, 7) is 4.83. The van der Waals surface area contributed by atoms with Crippen molar-refractivity contribution < 1.29 is 4.79 Å². The van der Waals surface area contributed by atoms with Gasteiger partial charge in [0.1, 0.15) is 0 Å². The molecule has 4 heteroatoms. The van der Waals surface area contributed by atoms with Crippen molar-refractivity contribution in [2.75, 3.05) is 6.54 Å². The molecule has 100 valence electrons. The maximum absolute atomic E-state index is 12.2. The molecule has 0 radical (unpaired) electrons. The van der Waals surface area contributed by atoms with Gasteiger partial charge in [-0.2, -0.15) is 5.10 Å². The summed E-state index contributed by atoms with van der Waals surface area (Å²) in [4.78, 5) is 12.2. The van der Waals surface area contributed by atoms with Crippen LogP contribution in [0.5, 0.6) is 0 Å². The molecule has 1 heterocycles. The lowest BCUT2D eigenvalue weighted by molar-refractivity contribution is 0.0949. The van der Waals surface area contributed by atoms with Gasteiger partial charge in [-0.15, -0.1) is 0 Å². The highest BCUT2D eigenvalue weighted by Gasteiger charge is 2.13. The summed E-state index contributed by atoms with van der Waals surface area (Å²) in [5.41, 5.74) is 2.56. The lowest BCUT2D eigenvalue weighted by Crippen LogP contribution is -2.27. The van der Waals surface area contributed by atoms with Crippen LogP contribution in [0.25, 0.3) is 11.1 Å². The summed E-state index contributed by atoms with van der Waals surface area (Å²) in [6, 6.07) is 7.60. The second-order valence-corrected chi connectivity index (χ2v) is 5.05. The first-order valence-electron chi connectivity index (χ1n) is 6.44. The molecule has 1 N–H and O–H groups in total. The number of carbonyl (C=O) groups excluding carboxylic acids is 1. The van der Waals surface area contributed by atoms with Crippen LogP contribution in [0.3, 0.4) is 0 Å². The number of carbonyl (C=O) groups is 1. The van der Waals surface area contributed by atoms with Gasteiger partial charge in [-0.25, -0.2) is 0 Å². The fourth-order valence-corrected chi connectivity index (χ4v) is 1.89. The number of aryl methyl sites for hydroxylation is 1. The van der Waals surface area contributed by atoms with E-state index in [1.165, 1.54) is 0 Å². The van der Waals surface area contributed by atoms with Crippen LogP contribution in [-0.2, 0) is 7.05 Å². The van der Waals surface area contributed by atoms with Crippen LogP contribution in [0.1, 0.15) is 24.2 Å². The number of nitrogens with one attached hydrogen (secondary N) is 1. The van der Waals surface area contributed by atoms with Crippen LogP contribution >= 0.6 is 0 Å². The Balaban J connectivity index is 2.28. The summed E-state index contributed by atoms with van der Waals surface area (Å²) in [6.07, 6.45) is 3.68. The van der Waals surface area contributed by atoms with E-state index in [0.717, 1.165) is 11.1 Å². The number of amides is 1. The van der Waals surface area contributed by atoms with Gasteiger partial charge in [0.25, 0.3) is 5.91 Å². The van der Waals surface area contributed by atoms with Crippen LogP contribution in [0.2, 0.25) is 0 Å². The fourth-order valence-electron chi connectivity index (χ4n) is 1.89. The highest BCUT2D eigenvalue weighted by Crippen LogP contribution is 2.22. The Morgan fingerprint density at radius 1 is 1.37 bits per heavy atom. The van der Waals surface area contributed by atoms with Gasteiger partial charge in [0, 0.05) is 30.9 Å². The highest BCUT2D eigenvalue weighted by molar-refractivity contribution is 6.00. The van der Waals surface area contributed by atoms with Crippen LogP contribution in [-0.4, -0.2) is 22.2 Å². The van der Waals surface area contributed by atoms with Gasteiger partial charge < -0.3 is 5.32 Å². The Morgan fingerprint density at radius 2 is 2.11 bits per heavy atom. The summed E-state index contributed by atoms with van der Waals surface area (Å²) in [5.74, 6) is 0.405. The third-order valence-electron chi connectivity index (χ3n) is 2.86. The molecule has 0 fully saturated rings. The van der Waals surface area contributed by atoms with Gasteiger partial charge in [-0.1, -0.05) is 32.0 Å². The Bertz CT molecular complexity index is 572. The molecule has 1 aromatic heterocycles. The summed E-state index contributed by atoms with van der Waals surface area (Å²) in [7, 11) is 1.87. The van der Waals surface area contributed by atoms with Crippen molar-refractivity contribution in [3.8, 4) is 11.1 Å². The molecule has 0 saturated heterocycles. The number of hydrogen-bond donors (Lipinski definition) is 1. The van der Waals surface area contributed by atoms with Gasteiger partial charge in [0.2, 0.25) is 0 Å². The number of aromatic nitrogens is 2. The Labute approximate surface area is 113 Å². The molecule has 19 heavy (non-hydrogen) atoms. The maximum Gasteiger partial charge on any atom is 0.251 e. The van der Waals surface area contributed by atoms with Crippen LogP contribution in [0.4, 0.5) is 0 Å². The monoisotopic (exact) mass is 257 g/mol. The molecule has 0 bridgehead atoms. The van der Waals surface area contributed by atoms with E-state index in [2.05, 4.69) is 24.3 Å². The third kappa shape index (κ3) is 3.22. The smallest absolute Gasteiger partial charge is 0.251 e.